The summed E-state index contributed by atoms with van der Waals surface area (Å²) >= 11 is 0. The summed E-state index contributed by atoms with van der Waals surface area (Å²) in [5, 5.41) is 2.36. The molecule has 114 valence electrons. The van der Waals surface area contributed by atoms with Gasteiger partial charge in [-0.25, -0.2) is 4.79 Å². The molecule has 0 aromatic heterocycles. The Morgan fingerprint density at radius 1 is 0.957 bits per heavy atom. The van der Waals surface area contributed by atoms with Gasteiger partial charge in [0.1, 0.15) is 5.60 Å². The summed E-state index contributed by atoms with van der Waals surface area (Å²) in [4.78, 5) is 12.5. The fourth-order valence-electron chi connectivity index (χ4n) is 3.37. The van der Waals surface area contributed by atoms with E-state index in [0.29, 0.717) is 12.0 Å². The van der Waals surface area contributed by atoms with Gasteiger partial charge in [-0.2, -0.15) is 0 Å². The molecule has 0 radical (unpaired) electrons. The SMILES string of the molecule is Cc1ccc2c(c1)C(=O)OC(C)(c1ccc3ccccc3c1)C2. The zero-order valence-electron chi connectivity index (χ0n) is 13.3. The van der Waals surface area contributed by atoms with Gasteiger partial charge in [0, 0.05) is 6.42 Å². The Hall–Kier alpha value is -2.61. The first-order chi connectivity index (χ1) is 11.0. The molecule has 1 atom stereocenters. The van der Waals surface area contributed by atoms with E-state index in [4.69, 9.17) is 4.74 Å². The average Bonchev–Trinajstić information content (AvgIpc) is 2.55. The second-order valence-electron chi connectivity index (χ2n) is 6.52. The second-order valence-corrected chi connectivity index (χ2v) is 6.52. The molecule has 3 aromatic rings. The number of carbonyl (C=O) groups excluding carboxylic acids is 1. The van der Waals surface area contributed by atoms with Gasteiger partial charge in [-0.3, -0.25) is 0 Å². The van der Waals surface area contributed by atoms with Crippen LogP contribution in [0.2, 0.25) is 0 Å². The molecule has 0 aliphatic carbocycles. The molecule has 23 heavy (non-hydrogen) atoms. The van der Waals surface area contributed by atoms with Crippen molar-refractivity contribution in [2.45, 2.75) is 25.9 Å². The monoisotopic (exact) mass is 302 g/mol. The molecule has 0 bridgehead atoms. The maximum absolute atomic E-state index is 12.5. The topological polar surface area (TPSA) is 26.3 Å². The maximum atomic E-state index is 12.5. The summed E-state index contributed by atoms with van der Waals surface area (Å²) in [5.41, 5.74) is 3.25. The lowest BCUT2D eigenvalue weighted by Gasteiger charge is -2.35. The van der Waals surface area contributed by atoms with Crippen molar-refractivity contribution in [1.82, 2.24) is 0 Å². The molecule has 2 heteroatoms. The van der Waals surface area contributed by atoms with Gasteiger partial charge in [-0.05, 0) is 47.9 Å². The van der Waals surface area contributed by atoms with Crippen molar-refractivity contribution in [3.8, 4) is 0 Å². The average molecular weight is 302 g/mol. The first-order valence-corrected chi connectivity index (χ1v) is 7.87. The Kier molecular flexibility index (Phi) is 3.02. The molecule has 1 aliphatic rings. The third kappa shape index (κ3) is 2.31. The Balaban J connectivity index is 1.81. The van der Waals surface area contributed by atoms with Crippen molar-refractivity contribution in [2.24, 2.45) is 0 Å². The molecule has 0 N–H and O–H groups in total. The number of hydrogen-bond donors (Lipinski definition) is 0. The molecule has 4 rings (SSSR count). The minimum Gasteiger partial charge on any atom is -0.451 e. The highest BCUT2D eigenvalue weighted by Gasteiger charge is 2.37. The van der Waals surface area contributed by atoms with Crippen LogP contribution in [0.25, 0.3) is 10.8 Å². The van der Waals surface area contributed by atoms with Gasteiger partial charge >= 0.3 is 5.97 Å². The van der Waals surface area contributed by atoms with Gasteiger partial charge < -0.3 is 4.74 Å². The van der Waals surface area contributed by atoms with Gasteiger partial charge in [-0.1, -0.05) is 54.1 Å². The van der Waals surface area contributed by atoms with E-state index in [1.165, 1.54) is 5.39 Å². The number of ether oxygens (including phenoxy) is 1. The van der Waals surface area contributed by atoms with Gasteiger partial charge in [0.15, 0.2) is 0 Å². The van der Waals surface area contributed by atoms with Crippen molar-refractivity contribution in [1.29, 1.82) is 0 Å². The van der Waals surface area contributed by atoms with Crippen LogP contribution in [-0.2, 0) is 16.8 Å². The summed E-state index contributed by atoms with van der Waals surface area (Å²) in [6.07, 6.45) is 0.701. The third-order valence-electron chi connectivity index (χ3n) is 4.69. The van der Waals surface area contributed by atoms with Crippen LogP contribution < -0.4 is 0 Å². The van der Waals surface area contributed by atoms with Crippen LogP contribution in [0.5, 0.6) is 0 Å². The quantitative estimate of drug-likeness (QED) is 0.605. The highest BCUT2D eigenvalue weighted by molar-refractivity contribution is 5.93. The number of carbonyl (C=O) groups is 1. The van der Waals surface area contributed by atoms with E-state index in [-0.39, 0.29) is 5.97 Å². The number of esters is 1. The minimum absolute atomic E-state index is 0.231. The number of hydrogen-bond acceptors (Lipinski definition) is 2. The molecule has 1 aliphatic heterocycles. The Morgan fingerprint density at radius 2 is 1.74 bits per heavy atom. The van der Waals surface area contributed by atoms with E-state index in [9.17, 15) is 4.79 Å². The number of benzene rings is 3. The van der Waals surface area contributed by atoms with Crippen molar-refractivity contribution >= 4 is 16.7 Å². The van der Waals surface area contributed by atoms with E-state index < -0.39 is 5.60 Å². The lowest BCUT2D eigenvalue weighted by molar-refractivity contribution is -0.0181. The normalized spacial score (nSPS) is 20.2. The summed E-state index contributed by atoms with van der Waals surface area (Å²) in [5.74, 6) is -0.231. The lowest BCUT2D eigenvalue weighted by atomic mass is 9.83. The molecule has 0 spiro atoms. The number of aryl methyl sites for hydroxylation is 1. The van der Waals surface area contributed by atoms with Crippen LogP contribution in [-0.4, -0.2) is 5.97 Å². The predicted octanol–water partition coefficient (Wildman–Crippen LogP) is 4.78. The fraction of sp³-hybridized carbons (Fsp3) is 0.190. The largest absolute Gasteiger partial charge is 0.451 e. The number of rotatable bonds is 1. The smallest absolute Gasteiger partial charge is 0.339 e. The van der Waals surface area contributed by atoms with Crippen LogP contribution in [0.3, 0.4) is 0 Å². The van der Waals surface area contributed by atoms with Crippen molar-refractivity contribution < 1.29 is 9.53 Å². The summed E-state index contributed by atoms with van der Waals surface area (Å²) in [7, 11) is 0. The Bertz CT molecular complexity index is 926. The highest BCUT2D eigenvalue weighted by Crippen LogP contribution is 2.37. The summed E-state index contributed by atoms with van der Waals surface area (Å²) < 4.78 is 5.85. The van der Waals surface area contributed by atoms with E-state index in [2.05, 4.69) is 36.4 Å². The lowest BCUT2D eigenvalue weighted by Crippen LogP contribution is -2.36. The van der Waals surface area contributed by atoms with Gasteiger partial charge in [0.2, 0.25) is 0 Å². The van der Waals surface area contributed by atoms with E-state index in [0.717, 1.165) is 22.1 Å². The standard InChI is InChI=1S/C21H18O2/c1-14-7-8-17-13-21(2,23-20(22)19(17)11-14)18-10-9-15-5-3-4-6-16(15)12-18/h3-12H,13H2,1-2H3. The van der Waals surface area contributed by atoms with Crippen molar-refractivity contribution in [3.63, 3.8) is 0 Å². The maximum Gasteiger partial charge on any atom is 0.339 e. The zero-order chi connectivity index (χ0) is 16.0. The van der Waals surface area contributed by atoms with E-state index in [1.807, 2.05) is 38.1 Å². The van der Waals surface area contributed by atoms with Gasteiger partial charge in [0.05, 0.1) is 5.56 Å². The Labute approximate surface area is 135 Å². The first-order valence-electron chi connectivity index (χ1n) is 7.87. The molecule has 3 aromatic carbocycles. The molecule has 0 fully saturated rings. The molecular weight excluding hydrogens is 284 g/mol. The van der Waals surface area contributed by atoms with Crippen LogP contribution in [0.15, 0.2) is 60.7 Å². The van der Waals surface area contributed by atoms with Crippen LogP contribution in [0.1, 0.15) is 34.0 Å². The Morgan fingerprint density at radius 3 is 2.57 bits per heavy atom. The molecule has 2 nitrogen and oxygen atoms in total. The minimum atomic E-state index is -0.622. The predicted molar refractivity (Wildman–Crippen MR) is 91.6 cm³/mol. The second kappa shape index (κ2) is 4.95. The fourth-order valence-corrected chi connectivity index (χ4v) is 3.37. The first kappa shape index (κ1) is 14.0. The third-order valence-corrected chi connectivity index (χ3v) is 4.69. The molecule has 1 heterocycles. The zero-order valence-corrected chi connectivity index (χ0v) is 13.3. The van der Waals surface area contributed by atoms with Crippen LogP contribution >= 0.6 is 0 Å². The highest BCUT2D eigenvalue weighted by atomic mass is 16.6. The van der Waals surface area contributed by atoms with Gasteiger partial charge in [-0.15, -0.1) is 0 Å². The van der Waals surface area contributed by atoms with E-state index in [1.54, 1.807) is 0 Å². The molecule has 0 saturated heterocycles. The molecule has 0 amide bonds. The van der Waals surface area contributed by atoms with Crippen molar-refractivity contribution in [2.75, 3.05) is 0 Å². The van der Waals surface area contributed by atoms with Gasteiger partial charge in [0.25, 0.3) is 0 Å². The van der Waals surface area contributed by atoms with Crippen LogP contribution in [0, 0.1) is 6.92 Å². The van der Waals surface area contributed by atoms with Crippen LogP contribution in [0.4, 0.5) is 0 Å². The molecule has 0 saturated carbocycles. The summed E-state index contributed by atoms with van der Waals surface area (Å²) in [6.45, 7) is 3.99. The number of cyclic esters (lactones) is 1. The number of fused-ring (bicyclic) bond motifs is 2. The molecular formula is C21H18O2. The van der Waals surface area contributed by atoms with Crippen molar-refractivity contribution in [3.05, 3.63) is 82.9 Å². The summed E-state index contributed by atoms with van der Waals surface area (Å²) in [6, 6.07) is 20.5. The molecule has 1 unspecified atom stereocenters. The van der Waals surface area contributed by atoms with E-state index >= 15 is 0 Å².